The quantitative estimate of drug-likeness (QED) is 0.200. The van der Waals surface area contributed by atoms with Crippen molar-refractivity contribution in [2.75, 3.05) is 5.73 Å². The Hall–Kier alpha value is -3.87. The van der Waals surface area contributed by atoms with Crippen molar-refractivity contribution in [3.63, 3.8) is 0 Å². The van der Waals surface area contributed by atoms with Crippen LogP contribution in [0.15, 0.2) is 72.8 Å². The third-order valence-electron chi connectivity index (χ3n) is 4.79. The molecule has 0 fully saturated rings. The molecule has 159 valence electrons. The predicted octanol–water partition coefficient (Wildman–Crippen LogP) is 5.72. The molecule has 1 aromatic carbocycles. The minimum Gasteiger partial charge on any atom is -0.419 e. The summed E-state index contributed by atoms with van der Waals surface area (Å²) >= 11 is 0. The number of fused-ring (bicyclic) bond motifs is 8. The normalized spacial score (nSPS) is 11.4. The first-order valence-electron chi connectivity index (χ1n) is 9.96. The van der Waals surface area contributed by atoms with Gasteiger partial charge in [0.25, 0.3) is 0 Å². The van der Waals surface area contributed by atoms with E-state index in [0.29, 0.717) is 0 Å². The zero-order chi connectivity index (χ0) is 21.0. The van der Waals surface area contributed by atoms with Crippen LogP contribution in [0.4, 0.5) is 5.69 Å². The Bertz CT molecular complexity index is 1360. The fraction of sp³-hybridized carbons (Fsp3) is 0. The molecule has 0 aliphatic carbocycles. The average Bonchev–Trinajstić information content (AvgIpc) is 3.55. The van der Waals surface area contributed by atoms with E-state index in [4.69, 9.17) is 5.73 Å². The van der Waals surface area contributed by atoms with Crippen molar-refractivity contribution in [3.8, 4) is 0 Å². The number of H-pyrrole nitrogens is 2. The van der Waals surface area contributed by atoms with Crippen LogP contribution in [0.25, 0.3) is 46.4 Å². The number of aromatic amines is 2. The van der Waals surface area contributed by atoms with Gasteiger partial charge in [0, 0.05) is 38.8 Å². The van der Waals surface area contributed by atoms with Gasteiger partial charge in [-0.2, -0.15) is 18.2 Å². The molecule has 0 unspecified atom stereocenters. The van der Waals surface area contributed by atoms with E-state index >= 15 is 0 Å². The molecule has 5 nitrogen and oxygen atoms in total. The van der Waals surface area contributed by atoms with Crippen LogP contribution in [0, 0.1) is 6.07 Å². The number of nitrogens with two attached hydrogens (primary N) is 1. The summed E-state index contributed by atoms with van der Waals surface area (Å²) in [5.41, 5.74) is 14.0. The second-order valence-corrected chi connectivity index (χ2v) is 7.24. The summed E-state index contributed by atoms with van der Waals surface area (Å²) in [4.78, 5) is 16.0. The van der Waals surface area contributed by atoms with Crippen LogP contribution < -0.4 is 5.73 Å². The van der Waals surface area contributed by atoms with E-state index in [2.05, 4.69) is 56.3 Å². The molecule has 1 radical (unpaired) electrons. The first-order valence-corrected chi connectivity index (χ1v) is 9.96. The van der Waals surface area contributed by atoms with Crippen molar-refractivity contribution in [2.24, 2.45) is 0 Å². The molecular formula is C26H20CoN5-. The van der Waals surface area contributed by atoms with E-state index in [1.54, 1.807) is 24.3 Å². The summed E-state index contributed by atoms with van der Waals surface area (Å²) in [6.45, 7) is 0. The van der Waals surface area contributed by atoms with Gasteiger partial charge in [0.2, 0.25) is 0 Å². The zero-order valence-electron chi connectivity index (χ0n) is 17.0. The summed E-state index contributed by atoms with van der Waals surface area (Å²) < 4.78 is 0. The van der Waals surface area contributed by atoms with Crippen molar-refractivity contribution < 1.29 is 16.8 Å². The number of rotatable bonds is 0. The molecule has 0 saturated heterocycles. The molecule has 4 aromatic rings. The van der Waals surface area contributed by atoms with Crippen LogP contribution in [-0.2, 0) is 16.8 Å². The number of hydrogen-bond acceptors (Lipinski definition) is 3. The van der Waals surface area contributed by atoms with Crippen LogP contribution in [-0.4, -0.2) is 19.9 Å². The van der Waals surface area contributed by atoms with Crippen LogP contribution in [0.2, 0.25) is 0 Å². The summed E-state index contributed by atoms with van der Waals surface area (Å²) in [5, 5.41) is 0. The molecule has 32 heavy (non-hydrogen) atoms. The Kier molecular flexibility index (Phi) is 6.35. The Balaban J connectivity index is 0.000000265. The van der Waals surface area contributed by atoms with E-state index in [9.17, 15) is 0 Å². The molecule has 5 heterocycles. The number of nitrogen functional groups attached to an aromatic ring is 1. The molecule has 0 amide bonds. The van der Waals surface area contributed by atoms with Gasteiger partial charge in [-0.1, -0.05) is 5.69 Å². The zero-order valence-corrected chi connectivity index (χ0v) is 18.1. The molecule has 0 saturated carbocycles. The van der Waals surface area contributed by atoms with E-state index in [1.807, 2.05) is 42.5 Å². The topological polar surface area (TPSA) is 83.4 Å². The smallest absolute Gasteiger partial charge is 0.0659 e. The number of aromatic nitrogens is 4. The minimum absolute atomic E-state index is 0. The minimum atomic E-state index is 0. The Morgan fingerprint density at radius 3 is 1.38 bits per heavy atom. The molecule has 8 bridgehead atoms. The van der Waals surface area contributed by atoms with Crippen LogP contribution in [0.5, 0.6) is 0 Å². The third kappa shape index (κ3) is 5.24. The molecule has 4 N–H and O–H groups in total. The number of hydrogen-bond donors (Lipinski definition) is 3. The molecule has 0 atom stereocenters. The molecule has 3 aromatic heterocycles. The second-order valence-electron chi connectivity index (χ2n) is 7.24. The van der Waals surface area contributed by atoms with Crippen molar-refractivity contribution in [3.05, 3.63) is 102 Å². The first-order chi connectivity index (χ1) is 15.2. The summed E-state index contributed by atoms with van der Waals surface area (Å²) in [7, 11) is 0. The molecule has 6 heteroatoms. The van der Waals surface area contributed by atoms with Crippen molar-refractivity contribution in [1.82, 2.24) is 19.9 Å². The number of nitrogens with zero attached hydrogens (tertiary/aromatic N) is 2. The van der Waals surface area contributed by atoms with Gasteiger partial charge in [-0.15, -0.1) is 12.1 Å². The van der Waals surface area contributed by atoms with Crippen LogP contribution >= 0.6 is 0 Å². The fourth-order valence-corrected chi connectivity index (χ4v) is 3.34. The maximum absolute atomic E-state index is 5.34. The molecule has 2 aliphatic rings. The molecule has 0 spiro atoms. The van der Waals surface area contributed by atoms with Crippen molar-refractivity contribution in [2.45, 2.75) is 0 Å². The van der Waals surface area contributed by atoms with E-state index in [0.717, 1.165) is 50.5 Å². The summed E-state index contributed by atoms with van der Waals surface area (Å²) in [6.07, 6.45) is 8.05. The van der Waals surface area contributed by atoms with E-state index in [-0.39, 0.29) is 16.8 Å². The number of anilines is 1. The summed E-state index contributed by atoms with van der Waals surface area (Å²) in [5.74, 6) is 0. The maximum atomic E-state index is 5.34. The SMILES string of the molecule is C1=Cc2cc3ccc(cc4ccc(cc5nc(cc1n2)C=C5)[nH]4)[nH]3.Nc1cc[c-]cc1.[Co]. The van der Waals surface area contributed by atoms with Gasteiger partial charge in [0.05, 0.1) is 22.8 Å². The van der Waals surface area contributed by atoms with Gasteiger partial charge in [-0.25, -0.2) is 9.97 Å². The van der Waals surface area contributed by atoms with Crippen LogP contribution in [0.1, 0.15) is 22.8 Å². The van der Waals surface area contributed by atoms with Gasteiger partial charge in [0.15, 0.2) is 0 Å². The van der Waals surface area contributed by atoms with Gasteiger partial charge < -0.3 is 15.7 Å². The Labute approximate surface area is 196 Å². The van der Waals surface area contributed by atoms with Crippen molar-refractivity contribution >= 4 is 52.1 Å². The first kappa shape index (κ1) is 21.4. The Morgan fingerprint density at radius 2 is 0.969 bits per heavy atom. The largest absolute Gasteiger partial charge is 0.419 e. The summed E-state index contributed by atoms with van der Waals surface area (Å²) in [6, 6.07) is 26.4. The second kappa shape index (κ2) is 9.51. The molecule has 2 aliphatic heterocycles. The maximum Gasteiger partial charge on any atom is 0.0659 e. The van der Waals surface area contributed by atoms with Crippen LogP contribution in [0.3, 0.4) is 0 Å². The van der Waals surface area contributed by atoms with Gasteiger partial charge in [0.1, 0.15) is 0 Å². The number of benzene rings is 1. The van der Waals surface area contributed by atoms with Gasteiger partial charge in [-0.3, -0.25) is 0 Å². The Morgan fingerprint density at radius 1 is 0.562 bits per heavy atom. The van der Waals surface area contributed by atoms with Gasteiger partial charge >= 0.3 is 0 Å². The number of nitrogens with one attached hydrogen (secondary N) is 2. The standard InChI is InChI=1S/C20H14N4.C6H6N.Co/c1-2-14-10-16-5-6-18(23-16)12-20-8-7-19(24-20)11-17-4-3-15(22-17)9-13(1)21-14;7-6-4-2-1-3-5-6;/h1-12,21-22H;2-5H,7H2;/q;-1;. The van der Waals surface area contributed by atoms with E-state index in [1.165, 1.54) is 0 Å². The molecule has 6 rings (SSSR count). The predicted molar refractivity (Wildman–Crippen MR) is 129 cm³/mol. The van der Waals surface area contributed by atoms with Gasteiger partial charge in [-0.05, 0) is 72.8 Å². The average molecular weight is 461 g/mol. The fourth-order valence-electron chi connectivity index (χ4n) is 3.34. The van der Waals surface area contributed by atoms with E-state index < -0.39 is 0 Å². The monoisotopic (exact) mass is 461 g/mol. The third-order valence-corrected chi connectivity index (χ3v) is 4.79. The molecular weight excluding hydrogens is 441 g/mol. The van der Waals surface area contributed by atoms with Crippen molar-refractivity contribution in [1.29, 1.82) is 0 Å².